The molecular weight excluding hydrogens is 376 g/mol. The van der Waals surface area contributed by atoms with Crippen molar-refractivity contribution in [3.8, 4) is 11.4 Å². The summed E-state index contributed by atoms with van der Waals surface area (Å²) >= 11 is 0. The average molecular weight is 394 g/mol. The van der Waals surface area contributed by atoms with Crippen molar-refractivity contribution in [2.24, 2.45) is 0 Å². The van der Waals surface area contributed by atoms with Gasteiger partial charge < -0.3 is 8.98 Å². The SMILES string of the molecule is O=S(=O)(c1ccccc1)N1CCC(n2c(-c3ccoc3)nc3cccnc32)C1. The van der Waals surface area contributed by atoms with Crippen LogP contribution in [0.1, 0.15) is 12.5 Å². The second-order valence-corrected chi connectivity index (χ2v) is 8.72. The molecule has 0 radical (unpaired) electrons. The van der Waals surface area contributed by atoms with Crippen LogP contribution in [0.2, 0.25) is 0 Å². The van der Waals surface area contributed by atoms with E-state index in [4.69, 9.17) is 9.40 Å². The van der Waals surface area contributed by atoms with E-state index in [-0.39, 0.29) is 6.04 Å². The Bertz CT molecular complexity index is 1220. The van der Waals surface area contributed by atoms with E-state index in [1.54, 1.807) is 47.3 Å². The summed E-state index contributed by atoms with van der Waals surface area (Å²) in [5.41, 5.74) is 2.38. The molecule has 1 unspecified atom stereocenters. The molecule has 5 rings (SSSR count). The Morgan fingerprint density at radius 1 is 1.07 bits per heavy atom. The fraction of sp³-hybridized carbons (Fsp3) is 0.200. The van der Waals surface area contributed by atoms with E-state index in [9.17, 15) is 8.42 Å². The van der Waals surface area contributed by atoms with E-state index in [0.717, 1.165) is 22.6 Å². The van der Waals surface area contributed by atoms with E-state index < -0.39 is 10.0 Å². The normalized spacial score (nSPS) is 18.1. The Kier molecular flexibility index (Phi) is 4.03. The zero-order valence-corrected chi connectivity index (χ0v) is 15.8. The van der Waals surface area contributed by atoms with Crippen LogP contribution in [0.15, 0.2) is 76.6 Å². The predicted octanol–water partition coefficient (Wildman–Crippen LogP) is 3.33. The van der Waals surface area contributed by atoms with Gasteiger partial charge in [0, 0.05) is 19.3 Å². The summed E-state index contributed by atoms with van der Waals surface area (Å²) in [6.45, 7) is 0.837. The summed E-state index contributed by atoms with van der Waals surface area (Å²) in [4.78, 5) is 9.54. The first kappa shape index (κ1) is 17.2. The number of rotatable bonds is 4. The number of hydrogen-bond donors (Lipinski definition) is 0. The van der Waals surface area contributed by atoms with Gasteiger partial charge in [0.05, 0.1) is 22.8 Å². The Morgan fingerprint density at radius 2 is 1.93 bits per heavy atom. The van der Waals surface area contributed by atoms with Crippen LogP contribution in [0.25, 0.3) is 22.6 Å². The topological polar surface area (TPSA) is 81.2 Å². The van der Waals surface area contributed by atoms with Gasteiger partial charge >= 0.3 is 0 Å². The van der Waals surface area contributed by atoms with Gasteiger partial charge in [-0.25, -0.2) is 18.4 Å². The molecule has 1 aliphatic rings. The smallest absolute Gasteiger partial charge is 0.243 e. The molecule has 4 heterocycles. The minimum atomic E-state index is -3.52. The van der Waals surface area contributed by atoms with Crippen LogP contribution in [-0.4, -0.2) is 40.3 Å². The highest BCUT2D eigenvalue weighted by atomic mass is 32.2. The van der Waals surface area contributed by atoms with Crippen LogP contribution in [-0.2, 0) is 10.0 Å². The number of nitrogens with zero attached hydrogens (tertiary/aromatic N) is 4. The van der Waals surface area contributed by atoms with Gasteiger partial charge in [-0.15, -0.1) is 0 Å². The number of benzene rings is 1. The van der Waals surface area contributed by atoms with E-state index in [0.29, 0.717) is 24.4 Å². The monoisotopic (exact) mass is 394 g/mol. The van der Waals surface area contributed by atoms with Crippen molar-refractivity contribution in [2.45, 2.75) is 17.4 Å². The van der Waals surface area contributed by atoms with Gasteiger partial charge in [-0.05, 0) is 36.8 Å². The zero-order valence-electron chi connectivity index (χ0n) is 15.0. The summed E-state index contributed by atoms with van der Waals surface area (Å²) in [5.74, 6) is 0.742. The predicted molar refractivity (Wildman–Crippen MR) is 104 cm³/mol. The lowest BCUT2D eigenvalue weighted by molar-refractivity contribution is 0.455. The molecule has 1 atom stereocenters. The maximum absolute atomic E-state index is 13.0. The van der Waals surface area contributed by atoms with E-state index in [1.165, 1.54) is 0 Å². The van der Waals surface area contributed by atoms with Gasteiger partial charge in [0.1, 0.15) is 17.6 Å². The summed E-state index contributed by atoms with van der Waals surface area (Å²) in [5, 5.41) is 0. The van der Waals surface area contributed by atoms with Crippen molar-refractivity contribution in [3.63, 3.8) is 0 Å². The molecule has 1 fully saturated rings. The van der Waals surface area contributed by atoms with Crippen molar-refractivity contribution >= 4 is 21.2 Å². The van der Waals surface area contributed by atoms with Gasteiger partial charge in [-0.1, -0.05) is 18.2 Å². The van der Waals surface area contributed by atoms with Gasteiger partial charge in [0.25, 0.3) is 0 Å². The third kappa shape index (κ3) is 2.73. The summed E-state index contributed by atoms with van der Waals surface area (Å²) in [6.07, 6.45) is 5.67. The first-order valence-corrected chi connectivity index (χ1v) is 10.5. The largest absolute Gasteiger partial charge is 0.472 e. The standard InChI is InChI=1S/C20H18N4O3S/c25-28(26,17-5-2-1-3-6-17)23-11-8-16(13-23)24-19(15-9-12-27-14-15)22-18-7-4-10-21-20(18)24/h1-7,9-10,12,14,16H,8,11,13H2. The van der Waals surface area contributed by atoms with E-state index in [1.807, 2.05) is 28.8 Å². The lowest BCUT2D eigenvalue weighted by atomic mass is 10.2. The van der Waals surface area contributed by atoms with Crippen molar-refractivity contribution in [2.75, 3.05) is 13.1 Å². The minimum absolute atomic E-state index is 0.0525. The maximum Gasteiger partial charge on any atom is 0.243 e. The van der Waals surface area contributed by atoms with Crippen molar-refractivity contribution in [3.05, 3.63) is 67.3 Å². The lowest BCUT2D eigenvalue weighted by Gasteiger charge is -2.18. The first-order chi connectivity index (χ1) is 13.6. The van der Waals surface area contributed by atoms with Crippen molar-refractivity contribution in [1.29, 1.82) is 0 Å². The molecule has 0 N–H and O–H groups in total. The van der Waals surface area contributed by atoms with Crippen LogP contribution >= 0.6 is 0 Å². The molecule has 0 spiro atoms. The van der Waals surface area contributed by atoms with Crippen LogP contribution in [0.3, 0.4) is 0 Å². The molecule has 4 aromatic rings. The summed E-state index contributed by atoms with van der Waals surface area (Å²) in [6, 6.07) is 14.1. The molecule has 142 valence electrons. The van der Waals surface area contributed by atoms with Crippen LogP contribution in [0.4, 0.5) is 0 Å². The Balaban J connectivity index is 1.55. The highest BCUT2D eigenvalue weighted by Crippen LogP contribution is 2.34. The van der Waals surface area contributed by atoms with E-state index in [2.05, 4.69) is 4.98 Å². The number of fused-ring (bicyclic) bond motifs is 1. The molecule has 1 saturated heterocycles. The molecule has 0 aliphatic carbocycles. The molecule has 28 heavy (non-hydrogen) atoms. The number of pyridine rings is 1. The van der Waals surface area contributed by atoms with Crippen molar-refractivity contribution < 1.29 is 12.8 Å². The third-order valence-corrected chi connectivity index (χ3v) is 6.98. The first-order valence-electron chi connectivity index (χ1n) is 9.05. The Morgan fingerprint density at radius 3 is 2.71 bits per heavy atom. The molecule has 0 amide bonds. The molecule has 0 bridgehead atoms. The zero-order chi connectivity index (χ0) is 19.1. The number of hydrogen-bond acceptors (Lipinski definition) is 5. The molecule has 7 nitrogen and oxygen atoms in total. The van der Waals surface area contributed by atoms with Gasteiger partial charge in [-0.3, -0.25) is 0 Å². The second kappa shape index (κ2) is 6.57. The van der Waals surface area contributed by atoms with Crippen LogP contribution in [0, 0.1) is 0 Å². The molecule has 8 heteroatoms. The molecule has 1 aliphatic heterocycles. The summed E-state index contributed by atoms with van der Waals surface area (Å²) < 4.78 is 34.8. The fourth-order valence-electron chi connectivity index (χ4n) is 3.75. The van der Waals surface area contributed by atoms with Crippen LogP contribution in [0.5, 0.6) is 0 Å². The van der Waals surface area contributed by atoms with E-state index >= 15 is 0 Å². The van der Waals surface area contributed by atoms with Crippen molar-refractivity contribution in [1.82, 2.24) is 18.8 Å². The Labute approximate surface area is 162 Å². The number of furan rings is 1. The van der Waals surface area contributed by atoms with Crippen LogP contribution < -0.4 is 0 Å². The van der Waals surface area contributed by atoms with Gasteiger partial charge in [-0.2, -0.15) is 4.31 Å². The number of sulfonamides is 1. The fourth-order valence-corrected chi connectivity index (χ4v) is 5.27. The minimum Gasteiger partial charge on any atom is -0.472 e. The summed E-state index contributed by atoms with van der Waals surface area (Å²) in [7, 11) is -3.52. The highest BCUT2D eigenvalue weighted by molar-refractivity contribution is 7.89. The second-order valence-electron chi connectivity index (χ2n) is 6.78. The molecular formula is C20H18N4O3S. The number of imidazole rings is 1. The quantitative estimate of drug-likeness (QED) is 0.530. The van der Waals surface area contributed by atoms with Gasteiger partial charge in [0.15, 0.2) is 5.65 Å². The van der Waals surface area contributed by atoms with Gasteiger partial charge in [0.2, 0.25) is 10.0 Å². The molecule has 0 saturated carbocycles. The molecule has 1 aromatic carbocycles. The average Bonchev–Trinajstić information content (AvgIpc) is 3.46. The molecule has 3 aromatic heterocycles. The maximum atomic E-state index is 13.0. The highest BCUT2D eigenvalue weighted by Gasteiger charge is 2.35. The lowest BCUT2D eigenvalue weighted by Crippen LogP contribution is -2.29. The number of aromatic nitrogens is 3. The third-order valence-electron chi connectivity index (χ3n) is 5.10. The Hall–Kier alpha value is -2.97.